The summed E-state index contributed by atoms with van der Waals surface area (Å²) < 4.78 is 18.6. The van der Waals surface area contributed by atoms with Crippen LogP contribution >= 0.6 is 0 Å². The summed E-state index contributed by atoms with van der Waals surface area (Å²) in [6.45, 7) is 5.40. The average Bonchev–Trinajstić information content (AvgIpc) is 2.41. The number of carbonyl (C=O) groups is 1. The third kappa shape index (κ3) is 3.34. The highest BCUT2D eigenvalue weighted by atomic mass is 19.1. The van der Waals surface area contributed by atoms with Crippen LogP contribution in [0.1, 0.15) is 41.6 Å². The number of halogens is 1. The maximum absolute atomic E-state index is 13.1. The monoisotopic (exact) mass is 290 g/mol. The van der Waals surface area contributed by atoms with Gasteiger partial charge in [0, 0.05) is 5.92 Å². The SMILES string of the molecule is Cc1cc(F)ccc1Oc1cnc(C(C)C)nc1C(=O)O. The maximum atomic E-state index is 13.1. The van der Waals surface area contributed by atoms with E-state index in [1.54, 1.807) is 6.92 Å². The fraction of sp³-hybridized carbons (Fsp3) is 0.267. The molecule has 0 bridgehead atoms. The molecule has 0 atom stereocenters. The van der Waals surface area contributed by atoms with E-state index in [1.165, 1.54) is 24.4 Å². The molecule has 2 aromatic rings. The van der Waals surface area contributed by atoms with Crippen molar-refractivity contribution in [2.75, 3.05) is 0 Å². The molecule has 0 unspecified atom stereocenters. The summed E-state index contributed by atoms with van der Waals surface area (Å²) in [7, 11) is 0. The standard InChI is InChI=1S/C15H15FN2O3/c1-8(2)14-17-7-12(13(18-14)15(19)20)21-11-5-4-10(16)6-9(11)3/h4-8H,1-3H3,(H,19,20). The molecule has 0 spiro atoms. The van der Waals surface area contributed by atoms with Gasteiger partial charge in [-0.1, -0.05) is 13.8 Å². The molecule has 0 aliphatic rings. The zero-order valence-corrected chi connectivity index (χ0v) is 11.9. The summed E-state index contributed by atoms with van der Waals surface area (Å²) in [5, 5.41) is 9.23. The van der Waals surface area contributed by atoms with Crippen molar-refractivity contribution < 1.29 is 19.0 Å². The normalized spacial score (nSPS) is 10.7. The molecule has 0 fully saturated rings. The number of aromatic carboxylic acids is 1. The van der Waals surface area contributed by atoms with Gasteiger partial charge >= 0.3 is 5.97 Å². The minimum absolute atomic E-state index is 0.00436. The Balaban J connectivity index is 2.41. The molecule has 0 amide bonds. The first-order valence-corrected chi connectivity index (χ1v) is 6.42. The second-order valence-electron chi connectivity index (χ2n) is 4.91. The summed E-state index contributed by atoms with van der Waals surface area (Å²) in [4.78, 5) is 19.4. The van der Waals surface area contributed by atoms with Gasteiger partial charge in [0.05, 0.1) is 6.20 Å². The van der Waals surface area contributed by atoms with E-state index in [2.05, 4.69) is 9.97 Å². The molecule has 6 heteroatoms. The van der Waals surface area contributed by atoms with Crippen LogP contribution in [0.4, 0.5) is 4.39 Å². The molecule has 0 saturated heterocycles. The molecule has 1 heterocycles. The third-order valence-electron chi connectivity index (χ3n) is 2.85. The Morgan fingerprint density at radius 2 is 2.05 bits per heavy atom. The average molecular weight is 290 g/mol. The van der Waals surface area contributed by atoms with Gasteiger partial charge in [-0.15, -0.1) is 0 Å². The summed E-state index contributed by atoms with van der Waals surface area (Å²) >= 11 is 0. The van der Waals surface area contributed by atoms with E-state index in [-0.39, 0.29) is 23.2 Å². The van der Waals surface area contributed by atoms with Gasteiger partial charge in [0.15, 0.2) is 11.4 Å². The molecule has 110 valence electrons. The van der Waals surface area contributed by atoms with Crippen LogP contribution < -0.4 is 4.74 Å². The van der Waals surface area contributed by atoms with Crippen LogP contribution in [0.15, 0.2) is 24.4 Å². The number of rotatable bonds is 4. The Hall–Kier alpha value is -2.50. The molecule has 1 N–H and O–H groups in total. The molecular weight excluding hydrogens is 275 g/mol. The van der Waals surface area contributed by atoms with Crippen molar-refractivity contribution in [3.8, 4) is 11.5 Å². The summed E-state index contributed by atoms with van der Waals surface area (Å²) in [5.74, 6) is -0.763. The number of nitrogens with zero attached hydrogens (tertiary/aromatic N) is 2. The van der Waals surface area contributed by atoms with E-state index in [0.29, 0.717) is 17.1 Å². The van der Waals surface area contributed by atoms with Crippen LogP contribution in [0.25, 0.3) is 0 Å². The number of aryl methyl sites for hydroxylation is 1. The number of hydrogen-bond acceptors (Lipinski definition) is 4. The van der Waals surface area contributed by atoms with Crippen LogP contribution in [0.5, 0.6) is 11.5 Å². The van der Waals surface area contributed by atoms with Crippen LogP contribution in [-0.2, 0) is 0 Å². The second-order valence-corrected chi connectivity index (χ2v) is 4.91. The Morgan fingerprint density at radius 1 is 1.33 bits per heavy atom. The van der Waals surface area contributed by atoms with Gasteiger partial charge in [-0.25, -0.2) is 19.2 Å². The van der Waals surface area contributed by atoms with E-state index < -0.39 is 5.97 Å². The fourth-order valence-electron chi connectivity index (χ4n) is 1.74. The number of carboxylic acids is 1. The van der Waals surface area contributed by atoms with Crippen molar-refractivity contribution in [1.82, 2.24) is 9.97 Å². The number of hydrogen-bond donors (Lipinski definition) is 1. The van der Waals surface area contributed by atoms with Gasteiger partial charge in [-0.3, -0.25) is 0 Å². The predicted octanol–water partition coefficient (Wildman–Crippen LogP) is 3.54. The number of aromatic nitrogens is 2. The molecule has 2 rings (SSSR count). The third-order valence-corrected chi connectivity index (χ3v) is 2.85. The highest BCUT2D eigenvalue weighted by molar-refractivity contribution is 5.88. The van der Waals surface area contributed by atoms with Gasteiger partial charge in [-0.05, 0) is 30.7 Å². The highest BCUT2D eigenvalue weighted by Gasteiger charge is 2.18. The fourth-order valence-corrected chi connectivity index (χ4v) is 1.74. The maximum Gasteiger partial charge on any atom is 0.358 e. The largest absolute Gasteiger partial charge is 0.476 e. The topological polar surface area (TPSA) is 72.3 Å². The van der Waals surface area contributed by atoms with Crippen molar-refractivity contribution in [1.29, 1.82) is 0 Å². The predicted molar refractivity (Wildman–Crippen MR) is 74.3 cm³/mol. The second kappa shape index (κ2) is 5.87. The molecule has 1 aromatic carbocycles. The molecule has 0 aliphatic carbocycles. The minimum Gasteiger partial charge on any atom is -0.476 e. The van der Waals surface area contributed by atoms with Gasteiger partial charge in [0.25, 0.3) is 0 Å². The van der Waals surface area contributed by atoms with Crippen LogP contribution in [0.2, 0.25) is 0 Å². The molecule has 0 saturated carbocycles. The first-order valence-electron chi connectivity index (χ1n) is 6.42. The number of ether oxygens (including phenoxy) is 1. The summed E-state index contributed by atoms with van der Waals surface area (Å²) in [6.07, 6.45) is 1.33. The van der Waals surface area contributed by atoms with Gasteiger partial charge < -0.3 is 9.84 Å². The van der Waals surface area contributed by atoms with E-state index >= 15 is 0 Å². The molecule has 21 heavy (non-hydrogen) atoms. The molecule has 0 aliphatic heterocycles. The van der Waals surface area contributed by atoms with E-state index in [0.717, 1.165) is 0 Å². The van der Waals surface area contributed by atoms with Crippen molar-refractivity contribution in [3.63, 3.8) is 0 Å². The lowest BCUT2D eigenvalue weighted by molar-refractivity contribution is 0.0686. The highest BCUT2D eigenvalue weighted by Crippen LogP contribution is 2.27. The number of carboxylic acid groups (broad SMARTS) is 1. The lowest BCUT2D eigenvalue weighted by Gasteiger charge is -2.12. The van der Waals surface area contributed by atoms with Gasteiger partial charge in [0.2, 0.25) is 0 Å². The Bertz CT molecular complexity index is 687. The van der Waals surface area contributed by atoms with Crippen LogP contribution in [-0.4, -0.2) is 21.0 Å². The zero-order valence-electron chi connectivity index (χ0n) is 11.9. The molecule has 5 nitrogen and oxygen atoms in total. The van der Waals surface area contributed by atoms with Crippen LogP contribution in [0, 0.1) is 12.7 Å². The van der Waals surface area contributed by atoms with E-state index in [1.807, 2.05) is 13.8 Å². The van der Waals surface area contributed by atoms with Crippen molar-refractivity contribution >= 4 is 5.97 Å². The zero-order chi connectivity index (χ0) is 15.6. The first kappa shape index (κ1) is 14.9. The van der Waals surface area contributed by atoms with E-state index in [4.69, 9.17) is 4.74 Å². The first-order chi connectivity index (χ1) is 9.88. The minimum atomic E-state index is -1.20. The summed E-state index contributed by atoms with van der Waals surface area (Å²) in [5.41, 5.74) is 0.344. The lowest BCUT2D eigenvalue weighted by Crippen LogP contribution is -2.08. The van der Waals surface area contributed by atoms with Gasteiger partial charge in [-0.2, -0.15) is 0 Å². The lowest BCUT2D eigenvalue weighted by atomic mass is 10.2. The molecule has 0 radical (unpaired) electrons. The number of benzene rings is 1. The summed E-state index contributed by atoms with van der Waals surface area (Å²) in [6, 6.07) is 3.98. The quantitative estimate of drug-likeness (QED) is 0.932. The van der Waals surface area contributed by atoms with Crippen LogP contribution in [0.3, 0.4) is 0 Å². The van der Waals surface area contributed by atoms with Crippen molar-refractivity contribution in [3.05, 3.63) is 47.3 Å². The van der Waals surface area contributed by atoms with Crippen molar-refractivity contribution in [2.45, 2.75) is 26.7 Å². The van der Waals surface area contributed by atoms with Crippen molar-refractivity contribution in [2.24, 2.45) is 0 Å². The Kier molecular flexibility index (Phi) is 4.16. The van der Waals surface area contributed by atoms with Gasteiger partial charge in [0.1, 0.15) is 17.4 Å². The Morgan fingerprint density at radius 3 is 2.62 bits per heavy atom. The molecule has 1 aromatic heterocycles. The smallest absolute Gasteiger partial charge is 0.358 e. The van der Waals surface area contributed by atoms with E-state index in [9.17, 15) is 14.3 Å². The molecular formula is C15H15FN2O3. The Labute approximate surface area is 121 Å².